The largest absolute Gasteiger partial charge is 0.336 e. The summed E-state index contributed by atoms with van der Waals surface area (Å²) >= 11 is 7.40. The molecule has 0 saturated heterocycles. The molecule has 1 heterocycles. The summed E-state index contributed by atoms with van der Waals surface area (Å²) in [4.78, 5) is 15.3. The van der Waals surface area contributed by atoms with E-state index in [9.17, 15) is 4.79 Å². The Morgan fingerprint density at radius 1 is 1.30 bits per heavy atom. The number of halogens is 1. The molecule has 0 radical (unpaired) electrons. The molecule has 1 aromatic carbocycles. The van der Waals surface area contributed by atoms with Gasteiger partial charge in [-0.25, -0.2) is 0 Å². The predicted molar refractivity (Wildman–Crippen MR) is 83.8 cm³/mol. The number of rotatable bonds is 5. The van der Waals surface area contributed by atoms with Crippen LogP contribution in [0, 0.1) is 0 Å². The van der Waals surface area contributed by atoms with Crippen LogP contribution in [0.4, 0.5) is 0 Å². The summed E-state index contributed by atoms with van der Waals surface area (Å²) in [5, 5.41) is 0. The molecule has 1 amide bonds. The van der Waals surface area contributed by atoms with E-state index >= 15 is 0 Å². The van der Waals surface area contributed by atoms with E-state index in [0.717, 1.165) is 14.8 Å². The molecule has 0 spiro atoms. The van der Waals surface area contributed by atoms with Crippen molar-refractivity contribution in [3.05, 3.63) is 57.2 Å². The number of thiophene rings is 1. The average molecular weight is 309 g/mol. The van der Waals surface area contributed by atoms with E-state index < -0.39 is 6.04 Å². The molecule has 0 fully saturated rings. The molecule has 0 aliphatic rings. The van der Waals surface area contributed by atoms with Gasteiger partial charge in [0.1, 0.15) is 6.04 Å². The molecule has 3 nitrogen and oxygen atoms in total. The van der Waals surface area contributed by atoms with Crippen molar-refractivity contribution in [2.75, 3.05) is 6.54 Å². The number of hydrogen-bond donors (Lipinski definition) is 1. The first-order valence-electron chi connectivity index (χ1n) is 6.45. The summed E-state index contributed by atoms with van der Waals surface area (Å²) in [7, 11) is 0. The Bertz CT molecular complexity index is 570. The molecule has 2 N–H and O–H groups in total. The first-order valence-corrected chi connectivity index (χ1v) is 7.64. The molecule has 2 aromatic rings. The van der Waals surface area contributed by atoms with E-state index in [1.165, 1.54) is 11.3 Å². The summed E-state index contributed by atoms with van der Waals surface area (Å²) in [6.07, 6.45) is 0. The Labute approximate surface area is 128 Å². The molecule has 0 saturated carbocycles. The van der Waals surface area contributed by atoms with Gasteiger partial charge in [0.05, 0.1) is 10.9 Å². The molecule has 2 rings (SSSR count). The maximum absolute atomic E-state index is 12.5. The Morgan fingerprint density at radius 3 is 2.55 bits per heavy atom. The van der Waals surface area contributed by atoms with Crippen LogP contribution in [-0.4, -0.2) is 17.4 Å². The van der Waals surface area contributed by atoms with Gasteiger partial charge in [-0.2, -0.15) is 0 Å². The Balaban J connectivity index is 2.09. The van der Waals surface area contributed by atoms with Gasteiger partial charge in [0.2, 0.25) is 5.91 Å². The number of carbonyl (C=O) groups excluding carboxylic acids is 1. The van der Waals surface area contributed by atoms with Crippen molar-refractivity contribution in [1.29, 1.82) is 0 Å². The van der Waals surface area contributed by atoms with Gasteiger partial charge in [0, 0.05) is 11.4 Å². The number of nitrogens with zero attached hydrogens (tertiary/aromatic N) is 1. The van der Waals surface area contributed by atoms with Crippen LogP contribution in [0.15, 0.2) is 42.5 Å². The highest BCUT2D eigenvalue weighted by Gasteiger charge is 2.21. The van der Waals surface area contributed by atoms with Crippen LogP contribution in [0.5, 0.6) is 0 Å². The lowest BCUT2D eigenvalue weighted by Crippen LogP contribution is -2.37. The fraction of sp³-hybridized carbons (Fsp3) is 0.267. The quantitative estimate of drug-likeness (QED) is 0.919. The second-order valence-electron chi connectivity index (χ2n) is 4.45. The molecule has 1 atom stereocenters. The van der Waals surface area contributed by atoms with Crippen LogP contribution in [-0.2, 0) is 11.3 Å². The standard InChI is InChI=1S/C15H17ClN2OS/c1-2-18(10-12-8-9-13(16)20-12)15(19)14(17)11-6-4-3-5-7-11/h3-9,14H,2,10,17H2,1H3/t14-/m0/s1. The summed E-state index contributed by atoms with van der Waals surface area (Å²) in [6, 6.07) is 12.6. The highest BCUT2D eigenvalue weighted by atomic mass is 35.5. The van der Waals surface area contributed by atoms with E-state index in [-0.39, 0.29) is 5.91 Å². The fourth-order valence-corrected chi connectivity index (χ4v) is 3.07. The molecule has 0 aliphatic heterocycles. The molecular formula is C15H17ClN2OS. The minimum absolute atomic E-state index is 0.0665. The Hall–Kier alpha value is -1.36. The van der Waals surface area contributed by atoms with E-state index in [1.54, 1.807) is 4.90 Å². The topological polar surface area (TPSA) is 46.3 Å². The molecule has 20 heavy (non-hydrogen) atoms. The number of amides is 1. The van der Waals surface area contributed by atoms with Crippen LogP contribution in [0.2, 0.25) is 4.34 Å². The first-order chi connectivity index (χ1) is 9.61. The Kier molecular flexibility index (Phi) is 5.17. The van der Waals surface area contributed by atoms with Gasteiger partial charge < -0.3 is 10.6 Å². The van der Waals surface area contributed by atoms with Crippen molar-refractivity contribution in [2.24, 2.45) is 5.73 Å². The van der Waals surface area contributed by atoms with Crippen molar-refractivity contribution < 1.29 is 4.79 Å². The van der Waals surface area contributed by atoms with Crippen LogP contribution in [0.25, 0.3) is 0 Å². The normalized spacial score (nSPS) is 12.2. The lowest BCUT2D eigenvalue weighted by atomic mass is 10.1. The van der Waals surface area contributed by atoms with Crippen LogP contribution in [0.1, 0.15) is 23.4 Å². The van der Waals surface area contributed by atoms with Crippen molar-refractivity contribution in [2.45, 2.75) is 19.5 Å². The lowest BCUT2D eigenvalue weighted by molar-refractivity contribution is -0.133. The average Bonchev–Trinajstić information content (AvgIpc) is 2.89. The van der Waals surface area contributed by atoms with Crippen molar-refractivity contribution in [1.82, 2.24) is 4.90 Å². The zero-order valence-corrected chi connectivity index (χ0v) is 12.8. The van der Waals surface area contributed by atoms with Gasteiger partial charge in [0.25, 0.3) is 0 Å². The lowest BCUT2D eigenvalue weighted by Gasteiger charge is -2.24. The molecule has 0 unspecified atom stereocenters. The van der Waals surface area contributed by atoms with Gasteiger partial charge in [-0.1, -0.05) is 41.9 Å². The number of nitrogens with two attached hydrogens (primary N) is 1. The second-order valence-corrected chi connectivity index (χ2v) is 6.25. The van der Waals surface area contributed by atoms with Crippen molar-refractivity contribution in [3.63, 3.8) is 0 Å². The third-order valence-electron chi connectivity index (χ3n) is 3.09. The van der Waals surface area contributed by atoms with E-state index in [1.807, 2.05) is 49.4 Å². The van der Waals surface area contributed by atoms with Gasteiger partial charge in [-0.3, -0.25) is 4.79 Å². The predicted octanol–water partition coefficient (Wildman–Crippen LogP) is 3.45. The van der Waals surface area contributed by atoms with E-state index in [2.05, 4.69) is 0 Å². The number of likely N-dealkylation sites (N-methyl/N-ethyl adjacent to an activating group) is 1. The van der Waals surface area contributed by atoms with Crippen LogP contribution < -0.4 is 5.73 Å². The van der Waals surface area contributed by atoms with Gasteiger partial charge in [-0.05, 0) is 24.6 Å². The number of carbonyl (C=O) groups is 1. The van der Waals surface area contributed by atoms with Gasteiger partial charge in [0.15, 0.2) is 0 Å². The summed E-state index contributed by atoms with van der Waals surface area (Å²) in [5.74, 6) is -0.0665. The third-order valence-corrected chi connectivity index (χ3v) is 4.31. The molecule has 0 bridgehead atoms. The third kappa shape index (κ3) is 3.60. The van der Waals surface area contributed by atoms with Gasteiger partial charge in [-0.15, -0.1) is 11.3 Å². The highest BCUT2D eigenvalue weighted by Crippen LogP contribution is 2.23. The van der Waals surface area contributed by atoms with Crippen LogP contribution in [0.3, 0.4) is 0 Å². The minimum Gasteiger partial charge on any atom is -0.336 e. The monoisotopic (exact) mass is 308 g/mol. The molecule has 5 heteroatoms. The first kappa shape index (κ1) is 15.0. The number of hydrogen-bond acceptors (Lipinski definition) is 3. The summed E-state index contributed by atoms with van der Waals surface area (Å²) in [5.41, 5.74) is 6.89. The molecular weight excluding hydrogens is 292 g/mol. The molecule has 1 aromatic heterocycles. The summed E-state index contributed by atoms with van der Waals surface area (Å²) in [6.45, 7) is 3.12. The molecule has 106 valence electrons. The number of benzene rings is 1. The van der Waals surface area contributed by atoms with Crippen molar-refractivity contribution in [3.8, 4) is 0 Å². The van der Waals surface area contributed by atoms with E-state index in [0.29, 0.717) is 13.1 Å². The van der Waals surface area contributed by atoms with Crippen LogP contribution >= 0.6 is 22.9 Å². The zero-order valence-electron chi connectivity index (χ0n) is 11.3. The minimum atomic E-state index is -0.619. The molecule has 0 aliphatic carbocycles. The van der Waals surface area contributed by atoms with E-state index in [4.69, 9.17) is 17.3 Å². The Morgan fingerprint density at radius 2 is 2.00 bits per heavy atom. The SMILES string of the molecule is CCN(Cc1ccc(Cl)s1)C(=O)[C@@H](N)c1ccccc1. The maximum atomic E-state index is 12.5. The second kappa shape index (κ2) is 6.88. The highest BCUT2D eigenvalue weighted by molar-refractivity contribution is 7.16. The summed E-state index contributed by atoms with van der Waals surface area (Å²) < 4.78 is 0.732. The van der Waals surface area contributed by atoms with Gasteiger partial charge >= 0.3 is 0 Å². The maximum Gasteiger partial charge on any atom is 0.244 e. The smallest absolute Gasteiger partial charge is 0.244 e. The van der Waals surface area contributed by atoms with Crippen molar-refractivity contribution >= 4 is 28.8 Å². The zero-order chi connectivity index (χ0) is 14.5. The fourth-order valence-electron chi connectivity index (χ4n) is 1.97.